The average Bonchev–Trinajstić information content (AvgIpc) is 2.56. The Bertz CT molecular complexity index is 577. The molecular weight excluding hydrogens is 260 g/mol. The Morgan fingerprint density at radius 3 is 2.14 bits per heavy atom. The molecule has 1 saturated heterocycles. The molecule has 1 N–H and O–H groups in total. The number of nitrogens with zero attached hydrogens (tertiary/aromatic N) is 2. The van der Waals surface area contributed by atoms with Crippen LogP contribution in [0.15, 0.2) is 54.6 Å². The second-order valence-electron chi connectivity index (χ2n) is 5.60. The van der Waals surface area contributed by atoms with Crippen molar-refractivity contribution in [1.29, 1.82) is 0 Å². The summed E-state index contributed by atoms with van der Waals surface area (Å²) in [5.74, 6) is 0.377. The minimum atomic E-state index is 0.377. The molecule has 0 aromatic heterocycles. The Hall–Kier alpha value is -2.00. The summed E-state index contributed by atoms with van der Waals surface area (Å²) in [6.45, 7) is 6.21. The molecule has 0 bridgehead atoms. The summed E-state index contributed by atoms with van der Waals surface area (Å²) in [6, 6.07) is 18.7. The van der Waals surface area contributed by atoms with Gasteiger partial charge in [-0.05, 0) is 24.6 Å². The van der Waals surface area contributed by atoms with Gasteiger partial charge in [0.2, 0.25) is 0 Å². The highest BCUT2D eigenvalue weighted by Gasteiger charge is 2.23. The molecule has 1 heterocycles. The van der Waals surface area contributed by atoms with E-state index in [4.69, 9.17) is 0 Å². The summed E-state index contributed by atoms with van der Waals surface area (Å²) in [5, 5.41) is 9.96. The molecule has 3 nitrogen and oxygen atoms in total. The Kier molecular flexibility index (Phi) is 4.11. The predicted octanol–water partition coefficient (Wildman–Crippen LogP) is 3.28. The van der Waals surface area contributed by atoms with Crippen LogP contribution in [0.1, 0.15) is 18.5 Å². The quantitative estimate of drug-likeness (QED) is 0.936. The molecule has 0 aliphatic carbocycles. The van der Waals surface area contributed by atoms with Crippen molar-refractivity contribution < 1.29 is 5.11 Å². The van der Waals surface area contributed by atoms with Gasteiger partial charge in [-0.2, -0.15) is 0 Å². The highest BCUT2D eigenvalue weighted by Crippen LogP contribution is 2.29. The van der Waals surface area contributed by atoms with Crippen molar-refractivity contribution in [3.63, 3.8) is 0 Å². The fourth-order valence-corrected chi connectivity index (χ4v) is 3.02. The van der Waals surface area contributed by atoms with E-state index < -0.39 is 0 Å². The highest BCUT2D eigenvalue weighted by atomic mass is 16.3. The number of hydrogen-bond acceptors (Lipinski definition) is 3. The fraction of sp³-hybridized carbons (Fsp3) is 0.333. The third-order valence-electron chi connectivity index (χ3n) is 4.37. The zero-order valence-corrected chi connectivity index (χ0v) is 12.4. The second-order valence-corrected chi connectivity index (χ2v) is 5.60. The van der Waals surface area contributed by atoms with Crippen LogP contribution in [0.4, 0.5) is 5.69 Å². The Labute approximate surface area is 126 Å². The van der Waals surface area contributed by atoms with Crippen LogP contribution >= 0.6 is 0 Å². The SMILES string of the molecule is C[C@@H](c1ccccc1)N1CCN(c2ccccc2O)CC1. The smallest absolute Gasteiger partial charge is 0.138 e. The molecule has 0 radical (unpaired) electrons. The molecule has 1 atom stereocenters. The molecule has 2 aromatic carbocycles. The van der Waals surface area contributed by atoms with Gasteiger partial charge in [0, 0.05) is 32.2 Å². The van der Waals surface area contributed by atoms with E-state index in [0.29, 0.717) is 11.8 Å². The number of benzene rings is 2. The summed E-state index contributed by atoms with van der Waals surface area (Å²) in [4.78, 5) is 4.77. The monoisotopic (exact) mass is 282 g/mol. The van der Waals surface area contributed by atoms with Crippen LogP contribution in [-0.2, 0) is 0 Å². The number of phenolic OH excluding ortho intramolecular Hbond substituents is 1. The number of aromatic hydroxyl groups is 1. The third-order valence-corrected chi connectivity index (χ3v) is 4.37. The van der Waals surface area contributed by atoms with E-state index in [-0.39, 0.29) is 0 Å². The molecule has 3 heteroatoms. The van der Waals surface area contributed by atoms with Gasteiger partial charge in [-0.25, -0.2) is 0 Å². The van der Waals surface area contributed by atoms with Crippen molar-refractivity contribution in [3.8, 4) is 5.75 Å². The lowest BCUT2D eigenvalue weighted by Gasteiger charge is -2.39. The van der Waals surface area contributed by atoms with Crippen molar-refractivity contribution in [2.75, 3.05) is 31.1 Å². The first-order valence-electron chi connectivity index (χ1n) is 7.57. The molecule has 0 unspecified atom stereocenters. The van der Waals surface area contributed by atoms with E-state index in [1.807, 2.05) is 18.2 Å². The topological polar surface area (TPSA) is 26.7 Å². The van der Waals surface area contributed by atoms with Crippen molar-refractivity contribution in [2.45, 2.75) is 13.0 Å². The van der Waals surface area contributed by atoms with Gasteiger partial charge in [0.15, 0.2) is 0 Å². The zero-order chi connectivity index (χ0) is 14.7. The number of phenols is 1. The minimum absolute atomic E-state index is 0.377. The summed E-state index contributed by atoms with van der Waals surface area (Å²) >= 11 is 0. The summed E-state index contributed by atoms with van der Waals surface area (Å²) in [5.41, 5.74) is 2.32. The Morgan fingerprint density at radius 1 is 0.857 bits per heavy atom. The number of piperazine rings is 1. The Balaban J connectivity index is 1.64. The summed E-state index contributed by atoms with van der Waals surface area (Å²) in [6.07, 6.45) is 0. The molecule has 3 rings (SSSR count). The third kappa shape index (κ3) is 3.03. The molecule has 0 spiro atoms. The molecule has 2 aromatic rings. The predicted molar refractivity (Wildman–Crippen MR) is 86.7 cm³/mol. The molecule has 1 fully saturated rings. The normalized spacial score (nSPS) is 17.7. The summed E-state index contributed by atoms with van der Waals surface area (Å²) in [7, 11) is 0. The van der Waals surface area contributed by atoms with E-state index in [1.54, 1.807) is 6.07 Å². The van der Waals surface area contributed by atoms with E-state index in [1.165, 1.54) is 5.56 Å². The van der Waals surface area contributed by atoms with E-state index in [2.05, 4.69) is 47.1 Å². The van der Waals surface area contributed by atoms with Crippen molar-refractivity contribution in [3.05, 3.63) is 60.2 Å². The first kappa shape index (κ1) is 14.0. The highest BCUT2D eigenvalue weighted by molar-refractivity contribution is 5.57. The van der Waals surface area contributed by atoms with Gasteiger partial charge in [-0.1, -0.05) is 42.5 Å². The summed E-state index contributed by atoms with van der Waals surface area (Å²) < 4.78 is 0. The van der Waals surface area contributed by atoms with Crippen LogP contribution < -0.4 is 4.90 Å². The van der Waals surface area contributed by atoms with Crippen LogP contribution in [0.2, 0.25) is 0 Å². The maximum atomic E-state index is 9.96. The van der Waals surface area contributed by atoms with Gasteiger partial charge >= 0.3 is 0 Å². The van der Waals surface area contributed by atoms with Crippen molar-refractivity contribution in [1.82, 2.24) is 4.90 Å². The molecule has 0 saturated carbocycles. The fourth-order valence-electron chi connectivity index (χ4n) is 3.02. The number of para-hydroxylation sites is 2. The van der Waals surface area contributed by atoms with Crippen LogP contribution in [0.5, 0.6) is 5.75 Å². The number of anilines is 1. The largest absolute Gasteiger partial charge is 0.506 e. The number of hydrogen-bond donors (Lipinski definition) is 1. The van der Waals surface area contributed by atoms with Gasteiger partial charge < -0.3 is 10.0 Å². The lowest BCUT2D eigenvalue weighted by atomic mass is 10.1. The maximum Gasteiger partial charge on any atom is 0.138 e. The van der Waals surface area contributed by atoms with Gasteiger partial charge in [0.1, 0.15) is 5.75 Å². The standard InChI is InChI=1S/C18H22N2O/c1-15(16-7-3-2-4-8-16)19-11-13-20(14-12-19)17-9-5-6-10-18(17)21/h2-10,15,21H,11-14H2,1H3/t15-/m0/s1. The van der Waals surface area contributed by atoms with Crippen LogP contribution in [0.3, 0.4) is 0 Å². The van der Waals surface area contributed by atoms with Gasteiger partial charge in [-0.15, -0.1) is 0 Å². The number of rotatable bonds is 3. The van der Waals surface area contributed by atoms with Crippen LogP contribution in [0.25, 0.3) is 0 Å². The van der Waals surface area contributed by atoms with Gasteiger partial charge in [0.05, 0.1) is 5.69 Å². The van der Waals surface area contributed by atoms with E-state index in [9.17, 15) is 5.11 Å². The molecule has 1 aliphatic heterocycles. The van der Waals surface area contributed by atoms with Gasteiger partial charge in [0.25, 0.3) is 0 Å². The molecule has 21 heavy (non-hydrogen) atoms. The zero-order valence-electron chi connectivity index (χ0n) is 12.4. The first-order valence-corrected chi connectivity index (χ1v) is 7.57. The maximum absolute atomic E-state index is 9.96. The van der Waals surface area contributed by atoms with Gasteiger partial charge in [-0.3, -0.25) is 4.90 Å². The van der Waals surface area contributed by atoms with Crippen molar-refractivity contribution >= 4 is 5.69 Å². The average molecular weight is 282 g/mol. The molecule has 0 amide bonds. The minimum Gasteiger partial charge on any atom is -0.506 e. The lowest BCUT2D eigenvalue weighted by Crippen LogP contribution is -2.47. The first-order chi connectivity index (χ1) is 10.3. The Morgan fingerprint density at radius 2 is 1.48 bits per heavy atom. The van der Waals surface area contributed by atoms with Crippen LogP contribution in [-0.4, -0.2) is 36.2 Å². The van der Waals surface area contributed by atoms with E-state index >= 15 is 0 Å². The van der Waals surface area contributed by atoms with Crippen LogP contribution in [0, 0.1) is 0 Å². The lowest BCUT2D eigenvalue weighted by molar-refractivity contribution is 0.198. The molecule has 1 aliphatic rings. The molecule has 110 valence electrons. The van der Waals surface area contributed by atoms with E-state index in [0.717, 1.165) is 31.9 Å². The van der Waals surface area contributed by atoms with Crippen molar-refractivity contribution in [2.24, 2.45) is 0 Å². The second kappa shape index (κ2) is 6.19. The molecular formula is C18H22N2O.